The molecule has 0 saturated carbocycles. The normalized spacial score (nSPS) is 10.1. The fourth-order valence-electron chi connectivity index (χ4n) is 1.72. The highest BCUT2D eigenvalue weighted by Gasteiger charge is 2.18. The number of H-pyrrole nitrogens is 1. The highest BCUT2D eigenvalue weighted by molar-refractivity contribution is 5.88. The number of nitro benzene ring substituents is 1. The maximum Gasteiger partial charge on any atom is 0.345 e. The van der Waals surface area contributed by atoms with Crippen molar-refractivity contribution < 1.29 is 14.5 Å². The monoisotopic (exact) mass is 289 g/mol. The Morgan fingerprint density at radius 1 is 1.43 bits per heavy atom. The second-order valence-electron chi connectivity index (χ2n) is 3.97. The van der Waals surface area contributed by atoms with Crippen LogP contribution in [-0.4, -0.2) is 27.5 Å². The van der Waals surface area contributed by atoms with Gasteiger partial charge >= 0.3 is 5.97 Å². The molecular formula is C13H11N3O5. The van der Waals surface area contributed by atoms with E-state index in [1.165, 1.54) is 18.2 Å². The molecule has 108 valence electrons. The number of hydrogen-bond donors (Lipinski definition) is 1. The van der Waals surface area contributed by atoms with E-state index < -0.39 is 16.5 Å². The number of nitrogens with zero attached hydrogens (tertiary/aromatic N) is 2. The van der Waals surface area contributed by atoms with Crippen molar-refractivity contribution >= 4 is 11.7 Å². The average Bonchev–Trinajstić information content (AvgIpc) is 2.47. The number of nitro groups is 1. The van der Waals surface area contributed by atoms with Crippen LogP contribution in [0.5, 0.6) is 0 Å². The maximum atomic E-state index is 11.8. The summed E-state index contributed by atoms with van der Waals surface area (Å²) in [4.78, 5) is 40.0. The molecule has 0 aliphatic rings. The molecule has 0 radical (unpaired) electrons. The zero-order chi connectivity index (χ0) is 15.4. The third-order valence-corrected chi connectivity index (χ3v) is 2.65. The molecule has 2 rings (SSSR count). The van der Waals surface area contributed by atoms with Crippen molar-refractivity contribution in [1.82, 2.24) is 9.97 Å². The number of rotatable bonds is 4. The molecule has 1 heterocycles. The molecule has 1 aromatic carbocycles. The highest BCUT2D eigenvalue weighted by Crippen LogP contribution is 2.25. The Bertz CT molecular complexity index is 753. The van der Waals surface area contributed by atoms with E-state index in [9.17, 15) is 19.7 Å². The molecule has 21 heavy (non-hydrogen) atoms. The van der Waals surface area contributed by atoms with Gasteiger partial charge in [0.05, 0.1) is 17.1 Å². The lowest BCUT2D eigenvalue weighted by molar-refractivity contribution is -0.384. The Morgan fingerprint density at radius 3 is 2.76 bits per heavy atom. The lowest BCUT2D eigenvalue weighted by Crippen LogP contribution is -2.21. The first-order chi connectivity index (χ1) is 10.0. The van der Waals surface area contributed by atoms with Crippen molar-refractivity contribution in [3.8, 4) is 11.4 Å². The van der Waals surface area contributed by atoms with Gasteiger partial charge < -0.3 is 9.72 Å². The van der Waals surface area contributed by atoms with Gasteiger partial charge in [-0.3, -0.25) is 14.9 Å². The smallest absolute Gasteiger partial charge is 0.345 e. The number of hydrogen-bond acceptors (Lipinski definition) is 6. The molecule has 8 heteroatoms. The van der Waals surface area contributed by atoms with Crippen molar-refractivity contribution in [3.05, 3.63) is 56.5 Å². The third kappa shape index (κ3) is 2.94. The predicted molar refractivity (Wildman–Crippen MR) is 72.9 cm³/mol. The molecule has 2 aromatic rings. The zero-order valence-electron chi connectivity index (χ0n) is 11.0. The summed E-state index contributed by atoms with van der Waals surface area (Å²) in [5.74, 6) is -0.777. The number of para-hydroxylation sites is 1. The minimum Gasteiger partial charge on any atom is -0.462 e. The molecule has 0 aliphatic carbocycles. The summed E-state index contributed by atoms with van der Waals surface area (Å²) in [7, 11) is 0. The summed E-state index contributed by atoms with van der Waals surface area (Å²) in [6.07, 6.45) is 1.04. The van der Waals surface area contributed by atoms with Gasteiger partial charge in [0.1, 0.15) is 11.4 Å². The van der Waals surface area contributed by atoms with Crippen LogP contribution < -0.4 is 5.56 Å². The number of carbonyl (C=O) groups excluding carboxylic acids is 1. The molecular weight excluding hydrogens is 278 g/mol. The van der Waals surface area contributed by atoms with Gasteiger partial charge in [-0.2, -0.15) is 0 Å². The van der Waals surface area contributed by atoms with Gasteiger partial charge in [0.25, 0.3) is 11.2 Å². The predicted octanol–water partition coefficient (Wildman–Crippen LogP) is 1.52. The quantitative estimate of drug-likeness (QED) is 0.518. The molecule has 1 N–H and O–H groups in total. The van der Waals surface area contributed by atoms with Gasteiger partial charge in [0.2, 0.25) is 0 Å². The van der Waals surface area contributed by atoms with Crippen LogP contribution in [-0.2, 0) is 4.74 Å². The first kappa shape index (κ1) is 14.4. The molecule has 8 nitrogen and oxygen atoms in total. The third-order valence-electron chi connectivity index (χ3n) is 2.65. The van der Waals surface area contributed by atoms with Gasteiger partial charge in [0, 0.05) is 12.3 Å². The Kier molecular flexibility index (Phi) is 4.07. The first-order valence-corrected chi connectivity index (χ1v) is 6.04. The van der Waals surface area contributed by atoms with Crippen LogP contribution >= 0.6 is 0 Å². The molecule has 0 amide bonds. The first-order valence-electron chi connectivity index (χ1n) is 6.04. The maximum absolute atomic E-state index is 11.8. The van der Waals surface area contributed by atoms with E-state index in [0.717, 1.165) is 6.20 Å². The number of aromatic amines is 1. The SMILES string of the molecule is CCOC(=O)c1cnc(-c2ccccc2[N+](=O)[O-])[nH]c1=O. The van der Waals surface area contributed by atoms with E-state index in [0.29, 0.717) is 0 Å². The van der Waals surface area contributed by atoms with Crippen LogP contribution in [0.1, 0.15) is 17.3 Å². The van der Waals surface area contributed by atoms with Crippen LogP contribution in [0.25, 0.3) is 11.4 Å². The highest BCUT2D eigenvalue weighted by atomic mass is 16.6. The van der Waals surface area contributed by atoms with E-state index in [1.54, 1.807) is 13.0 Å². The number of nitrogens with one attached hydrogen (secondary N) is 1. The molecule has 0 saturated heterocycles. The van der Waals surface area contributed by atoms with Crippen LogP contribution in [0.2, 0.25) is 0 Å². The Balaban J connectivity index is 2.49. The van der Waals surface area contributed by atoms with Gasteiger partial charge in [-0.1, -0.05) is 12.1 Å². The number of benzene rings is 1. The summed E-state index contributed by atoms with van der Waals surface area (Å²) < 4.78 is 4.71. The summed E-state index contributed by atoms with van der Waals surface area (Å²) >= 11 is 0. The fraction of sp³-hybridized carbons (Fsp3) is 0.154. The van der Waals surface area contributed by atoms with Gasteiger partial charge in [-0.15, -0.1) is 0 Å². The summed E-state index contributed by atoms with van der Waals surface area (Å²) in [6.45, 7) is 1.74. The molecule has 0 unspecified atom stereocenters. The second kappa shape index (κ2) is 5.95. The number of esters is 1. The summed E-state index contributed by atoms with van der Waals surface area (Å²) in [5.41, 5.74) is -0.990. The standard InChI is InChI=1S/C13H11N3O5/c1-2-21-13(18)9-7-14-11(15-12(9)17)8-5-3-4-6-10(8)16(19)20/h3-7H,2H2,1H3,(H,14,15,17). The van der Waals surface area contributed by atoms with Crippen molar-refractivity contribution in [2.75, 3.05) is 6.61 Å². The van der Waals surface area contributed by atoms with Crippen LogP contribution in [0.15, 0.2) is 35.3 Å². The fourth-order valence-corrected chi connectivity index (χ4v) is 1.72. The second-order valence-corrected chi connectivity index (χ2v) is 3.97. The molecule has 0 spiro atoms. The number of carbonyl (C=O) groups is 1. The Hall–Kier alpha value is -3.03. The zero-order valence-corrected chi connectivity index (χ0v) is 11.0. The van der Waals surface area contributed by atoms with Crippen LogP contribution in [0, 0.1) is 10.1 Å². The topological polar surface area (TPSA) is 115 Å². The van der Waals surface area contributed by atoms with Crippen molar-refractivity contribution in [1.29, 1.82) is 0 Å². The van der Waals surface area contributed by atoms with E-state index in [4.69, 9.17) is 4.74 Å². The van der Waals surface area contributed by atoms with Gasteiger partial charge in [-0.25, -0.2) is 9.78 Å². The number of aromatic nitrogens is 2. The summed E-state index contributed by atoms with van der Waals surface area (Å²) in [6, 6.07) is 5.85. The van der Waals surface area contributed by atoms with E-state index in [-0.39, 0.29) is 29.2 Å². The minimum absolute atomic E-state index is 0.0142. The van der Waals surface area contributed by atoms with Crippen molar-refractivity contribution in [3.63, 3.8) is 0 Å². The van der Waals surface area contributed by atoms with Crippen molar-refractivity contribution in [2.45, 2.75) is 6.92 Å². The molecule has 0 bridgehead atoms. The van der Waals surface area contributed by atoms with Crippen molar-refractivity contribution in [2.24, 2.45) is 0 Å². The largest absolute Gasteiger partial charge is 0.462 e. The minimum atomic E-state index is -0.791. The Morgan fingerprint density at radius 2 is 2.14 bits per heavy atom. The van der Waals surface area contributed by atoms with Gasteiger partial charge in [0.15, 0.2) is 0 Å². The summed E-state index contributed by atoms with van der Waals surface area (Å²) in [5, 5.41) is 11.0. The molecule has 1 aromatic heterocycles. The van der Waals surface area contributed by atoms with Crippen LogP contribution in [0.4, 0.5) is 5.69 Å². The van der Waals surface area contributed by atoms with Gasteiger partial charge in [-0.05, 0) is 13.0 Å². The van der Waals surface area contributed by atoms with Crippen LogP contribution in [0.3, 0.4) is 0 Å². The molecule has 0 atom stereocenters. The van der Waals surface area contributed by atoms with E-state index in [1.807, 2.05) is 0 Å². The average molecular weight is 289 g/mol. The van der Waals surface area contributed by atoms with E-state index in [2.05, 4.69) is 9.97 Å². The lowest BCUT2D eigenvalue weighted by atomic mass is 10.1. The molecule has 0 fully saturated rings. The Labute approximate surface area is 118 Å². The number of ether oxygens (including phenoxy) is 1. The molecule has 0 aliphatic heterocycles. The lowest BCUT2D eigenvalue weighted by Gasteiger charge is -2.04. The van der Waals surface area contributed by atoms with E-state index >= 15 is 0 Å².